The van der Waals surface area contributed by atoms with Gasteiger partial charge >= 0.3 is 0 Å². The Hall–Kier alpha value is -2.28. The van der Waals surface area contributed by atoms with E-state index in [0.717, 1.165) is 10.8 Å². The molecule has 0 bridgehead atoms. The van der Waals surface area contributed by atoms with Crippen LogP contribution in [0.4, 0.5) is 0 Å². The Morgan fingerprint density at radius 3 is 2.50 bits per heavy atom. The summed E-state index contributed by atoms with van der Waals surface area (Å²) in [5.74, 6) is 0.512. The highest BCUT2D eigenvalue weighted by Crippen LogP contribution is 2.24. The van der Waals surface area contributed by atoms with Crippen molar-refractivity contribution < 1.29 is 9.59 Å². The lowest BCUT2D eigenvalue weighted by molar-refractivity contribution is -0.136. The van der Waals surface area contributed by atoms with Gasteiger partial charge in [-0.3, -0.25) is 14.2 Å². The third-order valence-corrected chi connectivity index (χ3v) is 5.80. The number of hydrogen-bond donors (Lipinski definition) is 0. The molecule has 0 N–H and O–H groups in total. The molecule has 0 atom stereocenters. The lowest BCUT2D eigenvalue weighted by Crippen LogP contribution is -2.50. The Morgan fingerprint density at radius 2 is 1.81 bits per heavy atom. The Bertz CT molecular complexity index is 810. The molecular formula is C19H24N4O2S. The van der Waals surface area contributed by atoms with Crippen LogP contribution in [0.25, 0.3) is 5.69 Å². The van der Waals surface area contributed by atoms with E-state index in [1.165, 1.54) is 22.9 Å². The second-order valence-electron chi connectivity index (χ2n) is 6.47. The molecule has 2 heterocycles. The smallest absolute Gasteiger partial charge is 0.233 e. The van der Waals surface area contributed by atoms with Crippen molar-refractivity contribution in [3.63, 3.8) is 0 Å². The van der Waals surface area contributed by atoms with Gasteiger partial charge in [0.05, 0.1) is 11.4 Å². The maximum Gasteiger partial charge on any atom is 0.233 e. The van der Waals surface area contributed by atoms with Crippen LogP contribution in [0.3, 0.4) is 0 Å². The number of aromatic nitrogens is 2. The van der Waals surface area contributed by atoms with Gasteiger partial charge in [0.2, 0.25) is 11.8 Å². The minimum atomic E-state index is 0.0713. The molecule has 0 radical (unpaired) electrons. The summed E-state index contributed by atoms with van der Waals surface area (Å²) in [5.41, 5.74) is 3.53. The van der Waals surface area contributed by atoms with E-state index in [1.807, 2.05) is 21.7 Å². The molecule has 1 saturated heterocycles. The van der Waals surface area contributed by atoms with Crippen molar-refractivity contribution in [2.75, 3.05) is 31.9 Å². The van der Waals surface area contributed by atoms with Gasteiger partial charge in [-0.1, -0.05) is 23.9 Å². The number of benzene rings is 1. The van der Waals surface area contributed by atoms with Gasteiger partial charge in [-0.15, -0.1) is 0 Å². The third kappa shape index (κ3) is 3.93. The first-order valence-electron chi connectivity index (χ1n) is 8.73. The van der Waals surface area contributed by atoms with Crippen molar-refractivity contribution >= 4 is 23.6 Å². The molecule has 1 aliphatic heterocycles. The Balaban J connectivity index is 1.63. The van der Waals surface area contributed by atoms with Crippen molar-refractivity contribution in [3.05, 3.63) is 41.7 Å². The molecule has 1 aromatic carbocycles. The zero-order valence-corrected chi connectivity index (χ0v) is 16.3. The number of rotatable bonds is 4. The highest BCUT2D eigenvalue weighted by Gasteiger charge is 2.22. The first-order valence-corrected chi connectivity index (χ1v) is 9.72. The van der Waals surface area contributed by atoms with Gasteiger partial charge in [-0.05, 0) is 31.0 Å². The molecular weight excluding hydrogens is 348 g/mol. The second kappa shape index (κ2) is 7.95. The molecule has 2 aromatic rings. The van der Waals surface area contributed by atoms with Crippen molar-refractivity contribution in [1.82, 2.24) is 19.4 Å². The summed E-state index contributed by atoms with van der Waals surface area (Å²) in [7, 11) is 0. The molecule has 1 aliphatic rings. The normalized spacial score (nSPS) is 14.6. The number of piperazine rings is 1. The first kappa shape index (κ1) is 18.5. The van der Waals surface area contributed by atoms with Crippen LogP contribution in [-0.4, -0.2) is 63.1 Å². The van der Waals surface area contributed by atoms with Crippen LogP contribution in [0.5, 0.6) is 0 Å². The van der Waals surface area contributed by atoms with Gasteiger partial charge in [0.1, 0.15) is 0 Å². The average Bonchev–Trinajstić information content (AvgIpc) is 3.10. The van der Waals surface area contributed by atoms with Gasteiger partial charge in [-0.25, -0.2) is 4.98 Å². The summed E-state index contributed by atoms with van der Waals surface area (Å²) < 4.78 is 2.04. The largest absolute Gasteiger partial charge is 0.339 e. The molecule has 138 valence electrons. The SMILES string of the molecule is CC(=O)N1CCN(C(=O)CSc2nccn2-c2cccc(C)c2C)CC1. The van der Waals surface area contributed by atoms with Crippen LogP contribution in [-0.2, 0) is 9.59 Å². The molecule has 0 spiro atoms. The van der Waals surface area contributed by atoms with Gasteiger partial charge < -0.3 is 9.80 Å². The molecule has 0 unspecified atom stereocenters. The molecule has 3 rings (SSSR count). The van der Waals surface area contributed by atoms with Gasteiger partial charge in [-0.2, -0.15) is 0 Å². The number of carbonyl (C=O) groups is 2. The zero-order valence-electron chi connectivity index (χ0n) is 15.4. The Morgan fingerprint density at radius 1 is 1.12 bits per heavy atom. The molecule has 1 aromatic heterocycles. The monoisotopic (exact) mass is 372 g/mol. The highest BCUT2D eigenvalue weighted by molar-refractivity contribution is 7.99. The maximum absolute atomic E-state index is 12.5. The van der Waals surface area contributed by atoms with Crippen LogP contribution < -0.4 is 0 Å². The van der Waals surface area contributed by atoms with Crippen LogP contribution in [0.1, 0.15) is 18.1 Å². The maximum atomic E-state index is 12.5. The number of nitrogens with zero attached hydrogens (tertiary/aromatic N) is 4. The summed E-state index contributed by atoms with van der Waals surface area (Å²) >= 11 is 1.45. The van der Waals surface area contributed by atoms with Gasteiger partial charge in [0.15, 0.2) is 5.16 Å². The number of hydrogen-bond acceptors (Lipinski definition) is 4. The number of carbonyl (C=O) groups excluding carboxylic acids is 2. The molecule has 0 aliphatic carbocycles. The Kier molecular flexibility index (Phi) is 5.66. The summed E-state index contributed by atoms with van der Waals surface area (Å²) in [6.45, 7) is 8.19. The highest BCUT2D eigenvalue weighted by atomic mass is 32.2. The number of amides is 2. The first-order chi connectivity index (χ1) is 12.5. The molecule has 26 heavy (non-hydrogen) atoms. The summed E-state index contributed by atoms with van der Waals surface area (Å²) in [4.78, 5) is 31.9. The van der Waals surface area contributed by atoms with E-state index in [-0.39, 0.29) is 11.8 Å². The lowest BCUT2D eigenvalue weighted by Gasteiger charge is -2.34. The summed E-state index contributed by atoms with van der Waals surface area (Å²) in [6.07, 6.45) is 3.69. The summed E-state index contributed by atoms with van der Waals surface area (Å²) in [5, 5.41) is 0.814. The van der Waals surface area contributed by atoms with Crippen molar-refractivity contribution in [2.45, 2.75) is 25.9 Å². The second-order valence-corrected chi connectivity index (χ2v) is 7.42. The van der Waals surface area contributed by atoms with Gasteiger partial charge in [0, 0.05) is 45.5 Å². The fourth-order valence-electron chi connectivity index (χ4n) is 3.06. The zero-order chi connectivity index (χ0) is 18.7. The predicted molar refractivity (Wildman–Crippen MR) is 103 cm³/mol. The van der Waals surface area contributed by atoms with Crippen molar-refractivity contribution in [3.8, 4) is 5.69 Å². The summed E-state index contributed by atoms with van der Waals surface area (Å²) in [6, 6.07) is 6.19. The van der Waals surface area contributed by atoms with Crippen molar-refractivity contribution in [1.29, 1.82) is 0 Å². The topological polar surface area (TPSA) is 58.4 Å². The Labute approximate surface area is 158 Å². The lowest BCUT2D eigenvalue weighted by atomic mass is 10.1. The molecule has 2 amide bonds. The van der Waals surface area contributed by atoms with Crippen LogP contribution in [0.2, 0.25) is 0 Å². The molecule has 0 saturated carbocycles. The van der Waals surface area contributed by atoms with Crippen LogP contribution in [0, 0.1) is 13.8 Å². The minimum Gasteiger partial charge on any atom is -0.339 e. The third-order valence-electron chi connectivity index (χ3n) is 4.84. The minimum absolute atomic E-state index is 0.0713. The fraction of sp³-hybridized carbons (Fsp3) is 0.421. The average molecular weight is 372 g/mol. The standard InChI is InChI=1S/C19H24N4O2S/c1-14-5-4-6-17(15(14)2)23-8-7-20-19(23)26-13-18(25)22-11-9-21(10-12-22)16(3)24/h4-8H,9-13H2,1-3H3. The van der Waals surface area contributed by atoms with E-state index in [0.29, 0.717) is 31.9 Å². The molecule has 6 nitrogen and oxygen atoms in total. The fourth-order valence-corrected chi connectivity index (χ4v) is 3.93. The predicted octanol–water partition coefficient (Wildman–Crippen LogP) is 2.27. The van der Waals surface area contributed by atoms with E-state index in [4.69, 9.17) is 0 Å². The number of thioether (sulfide) groups is 1. The van der Waals surface area contributed by atoms with E-state index in [9.17, 15) is 9.59 Å². The quantitative estimate of drug-likeness (QED) is 0.773. The van der Waals surface area contributed by atoms with Crippen molar-refractivity contribution in [2.24, 2.45) is 0 Å². The van der Waals surface area contributed by atoms with Gasteiger partial charge in [0.25, 0.3) is 0 Å². The van der Waals surface area contributed by atoms with Crippen LogP contribution >= 0.6 is 11.8 Å². The van der Waals surface area contributed by atoms with E-state index >= 15 is 0 Å². The van der Waals surface area contributed by atoms with E-state index in [1.54, 1.807) is 18.0 Å². The number of aryl methyl sites for hydroxylation is 1. The molecule has 1 fully saturated rings. The molecule has 7 heteroatoms. The van der Waals surface area contributed by atoms with E-state index < -0.39 is 0 Å². The van der Waals surface area contributed by atoms with Crippen LogP contribution in [0.15, 0.2) is 35.7 Å². The van der Waals surface area contributed by atoms with E-state index in [2.05, 4.69) is 31.0 Å². The number of imidazole rings is 1.